The molecule has 1 aliphatic heterocycles. The molecule has 2 N–H and O–H groups in total. The average Bonchev–Trinajstić information content (AvgIpc) is 3.06. The van der Waals surface area contributed by atoms with E-state index in [0.717, 1.165) is 4.90 Å². The smallest absolute Gasteiger partial charge is 0.261 e. The molecule has 0 spiro atoms. The Balaban J connectivity index is 1.51. The van der Waals surface area contributed by atoms with Crippen LogP contribution in [0.25, 0.3) is 0 Å². The highest BCUT2D eigenvalue weighted by Gasteiger charge is 2.39. The quantitative estimate of drug-likeness (QED) is 0.492. The molecule has 33 heavy (non-hydrogen) atoms. The second kappa shape index (κ2) is 9.13. The number of hydrogen-bond acceptors (Lipinski definition) is 6. The Morgan fingerprint density at radius 1 is 0.970 bits per heavy atom. The number of imide groups is 1. The molecular formula is C23H20ClN3O5S. The summed E-state index contributed by atoms with van der Waals surface area (Å²) < 4.78 is 33.1. The van der Waals surface area contributed by atoms with Crippen molar-refractivity contribution in [3.63, 3.8) is 0 Å². The van der Waals surface area contributed by atoms with Gasteiger partial charge in [-0.3, -0.25) is 14.3 Å². The van der Waals surface area contributed by atoms with Crippen molar-refractivity contribution in [3.05, 3.63) is 77.8 Å². The molecule has 3 aromatic carbocycles. The number of sulfonamides is 1. The Hall–Kier alpha value is -3.56. The van der Waals surface area contributed by atoms with Crippen LogP contribution >= 0.6 is 11.6 Å². The van der Waals surface area contributed by atoms with Crippen molar-refractivity contribution in [2.24, 2.45) is 0 Å². The monoisotopic (exact) mass is 485 g/mol. The Labute approximate surface area is 196 Å². The van der Waals surface area contributed by atoms with Crippen LogP contribution in [0.15, 0.2) is 77.7 Å². The summed E-state index contributed by atoms with van der Waals surface area (Å²) in [6.07, 6.45) is -0.0530. The molecule has 3 aromatic rings. The van der Waals surface area contributed by atoms with Gasteiger partial charge in [0.15, 0.2) is 0 Å². The number of methoxy groups -OCH3 is 1. The fraction of sp³-hybridized carbons (Fsp3) is 0.130. The van der Waals surface area contributed by atoms with Crippen LogP contribution < -0.4 is 19.7 Å². The summed E-state index contributed by atoms with van der Waals surface area (Å²) in [4.78, 5) is 26.5. The van der Waals surface area contributed by atoms with Crippen molar-refractivity contribution in [3.8, 4) is 5.75 Å². The van der Waals surface area contributed by atoms with Gasteiger partial charge in [-0.15, -0.1) is 0 Å². The molecule has 0 unspecified atom stereocenters. The van der Waals surface area contributed by atoms with Crippen LogP contribution in [0.2, 0.25) is 5.02 Å². The van der Waals surface area contributed by atoms with Gasteiger partial charge in [-0.1, -0.05) is 23.7 Å². The molecule has 1 fully saturated rings. The highest BCUT2D eigenvalue weighted by atomic mass is 35.5. The average molecular weight is 486 g/mol. The summed E-state index contributed by atoms with van der Waals surface area (Å²) in [6, 6.07) is 18.1. The predicted octanol–water partition coefficient (Wildman–Crippen LogP) is 3.89. The van der Waals surface area contributed by atoms with Gasteiger partial charge in [0, 0.05) is 10.7 Å². The lowest BCUT2D eigenvalue weighted by Crippen LogP contribution is -2.34. The maximum Gasteiger partial charge on any atom is 0.261 e. The van der Waals surface area contributed by atoms with E-state index in [-0.39, 0.29) is 17.2 Å². The molecule has 170 valence electrons. The van der Waals surface area contributed by atoms with Gasteiger partial charge in [0.05, 0.1) is 29.8 Å². The molecule has 1 heterocycles. The Morgan fingerprint density at radius 2 is 1.67 bits per heavy atom. The van der Waals surface area contributed by atoms with Gasteiger partial charge in [-0.25, -0.2) is 13.3 Å². The van der Waals surface area contributed by atoms with Crippen LogP contribution in [0.4, 0.5) is 17.1 Å². The first-order chi connectivity index (χ1) is 15.8. The van der Waals surface area contributed by atoms with E-state index in [9.17, 15) is 18.0 Å². The Morgan fingerprint density at radius 3 is 2.36 bits per heavy atom. The third-order valence-electron chi connectivity index (χ3n) is 5.04. The van der Waals surface area contributed by atoms with Crippen LogP contribution in [0.3, 0.4) is 0 Å². The first-order valence-electron chi connectivity index (χ1n) is 9.93. The molecule has 0 radical (unpaired) electrons. The number of nitrogens with zero attached hydrogens (tertiary/aromatic N) is 1. The maximum absolute atomic E-state index is 12.9. The fourth-order valence-electron chi connectivity index (χ4n) is 3.47. The largest absolute Gasteiger partial charge is 0.497 e. The van der Waals surface area contributed by atoms with Crippen LogP contribution in [-0.2, 0) is 19.6 Å². The Bertz CT molecular complexity index is 1310. The zero-order valence-electron chi connectivity index (χ0n) is 17.5. The normalized spacial score (nSPS) is 16.1. The van der Waals surface area contributed by atoms with Crippen molar-refractivity contribution in [1.29, 1.82) is 0 Å². The summed E-state index contributed by atoms with van der Waals surface area (Å²) in [5.41, 5.74) is 1.16. The molecule has 2 amide bonds. The lowest BCUT2D eigenvalue weighted by molar-refractivity contribution is -0.121. The molecule has 4 rings (SSSR count). The number of nitrogens with one attached hydrogen (secondary N) is 2. The highest BCUT2D eigenvalue weighted by Crippen LogP contribution is 2.28. The number of anilines is 3. The number of amides is 2. The second-order valence-corrected chi connectivity index (χ2v) is 9.43. The molecule has 0 saturated carbocycles. The molecule has 1 saturated heterocycles. The van der Waals surface area contributed by atoms with Gasteiger partial charge < -0.3 is 10.1 Å². The first-order valence-corrected chi connectivity index (χ1v) is 11.8. The third-order valence-corrected chi connectivity index (χ3v) is 6.65. The molecule has 0 aromatic heterocycles. The van der Waals surface area contributed by atoms with E-state index in [0.29, 0.717) is 27.8 Å². The van der Waals surface area contributed by atoms with Crippen molar-refractivity contribution >= 4 is 50.5 Å². The van der Waals surface area contributed by atoms with Crippen LogP contribution in [0, 0.1) is 0 Å². The van der Waals surface area contributed by atoms with Crippen LogP contribution in [-0.4, -0.2) is 33.4 Å². The van der Waals surface area contributed by atoms with Gasteiger partial charge >= 0.3 is 0 Å². The number of carbonyl (C=O) groups is 2. The maximum atomic E-state index is 12.9. The standard InChI is InChI=1S/C23H20ClN3O5S/c1-32-19-10-8-18(9-11-19)27-22(28)14-21(23(27)29)25-16-5-3-7-20(13-16)33(30,31)26-17-6-2-4-15(24)12-17/h2-13,21,25-26H,14H2,1H3/t21-/m0/s1. The summed E-state index contributed by atoms with van der Waals surface area (Å²) in [6.45, 7) is 0. The van der Waals surface area contributed by atoms with Crippen molar-refractivity contribution in [2.45, 2.75) is 17.4 Å². The van der Waals surface area contributed by atoms with E-state index in [1.165, 1.54) is 25.3 Å². The van der Waals surface area contributed by atoms with E-state index in [2.05, 4.69) is 10.0 Å². The number of benzene rings is 3. The summed E-state index contributed by atoms with van der Waals surface area (Å²) in [7, 11) is -2.37. The summed E-state index contributed by atoms with van der Waals surface area (Å²) in [5, 5.41) is 3.38. The van der Waals surface area contributed by atoms with Crippen molar-refractivity contribution in [2.75, 3.05) is 22.0 Å². The lowest BCUT2D eigenvalue weighted by Gasteiger charge is -2.17. The number of hydrogen-bond donors (Lipinski definition) is 2. The lowest BCUT2D eigenvalue weighted by atomic mass is 10.2. The van der Waals surface area contributed by atoms with E-state index in [1.807, 2.05) is 0 Å². The minimum absolute atomic E-state index is 0.00346. The minimum atomic E-state index is -3.89. The second-order valence-electron chi connectivity index (χ2n) is 7.31. The van der Waals surface area contributed by atoms with E-state index in [1.54, 1.807) is 54.6 Å². The SMILES string of the molecule is COc1ccc(N2C(=O)C[C@H](Nc3cccc(S(=O)(=O)Nc4cccc(Cl)c4)c3)C2=O)cc1. The molecule has 0 aliphatic carbocycles. The van der Waals surface area contributed by atoms with E-state index >= 15 is 0 Å². The Kier molecular flexibility index (Phi) is 6.26. The molecule has 8 nitrogen and oxygen atoms in total. The third kappa shape index (κ3) is 4.94. The van der Waals surface area contributed by atoms with Crippen LogP contribution in [0.1, 0.15) is 6.42 Å². The molecular weight excluding hydrogens is 466 g/mol. The number of halogens is 1. The molecule has 1 aliphatic rings. The molecule has 10 heteroatoms. The topological polar surface area (TPSA) is 105 Å². The van der Waals surface area contributed by atoms with E-state index < -0.39 is 22.0 Å². The fourth-order valence-corrected chi connectivity index (χ4v) is 4.75. The van der Waals surface area contributed by atoms with Gasteiger partial charge in [0.25, 0.3) is 15.9 Å². The zero-order valence-corrected chi connectivity index (χ0v) is 19.1. The molecule has 1 atom stereocenters. The highest BCUT2D eigenvalue weighted by molar-refractivity contribution is 7.92. The number of carbonyl (C=O) groups excluding carboxylic acids is 2. The van der Waals surface area contributed by atoms with Gasteiger partial charge in [-0.05, 0) is 60.7 Å². The van der Waals surface area contributed by atoms with Gasteiger partial charge in [0.2, 0.25) is 5.91 Å². The minimum Gasteiger partial charge on any atom is -0.497 e. The zero-order chi connectivity index (χ0) is 23.6. The summed E-state index contributed by atoms with van der Waals surface area (Å²) in [5.74, 6) is -0.165. The van der Waals surface area contributed by atoms with Crippen molar-refractivity contribution in [1.82, 2.24) is 0 Å². The number of rotatable bonds is 7. The summed E-state index contributed by atoms with van der Waals surface area (Å²) >= 11 is 5.92. The van der Waals surface area contributed by atoms with Crippen molar-refractivity contribution < 1.29 is 22.7 Å². The number of ether oxygens (including phenoxy) is 1. The predicted molar refractivity (Wildman–Crippen MR) is 126 cm³/mol. The van der Waals surface area contributed by atoms with Gasteiger partial charge in [0.1, 0.15) is 11.8 Å². The van der Waals surface area contributed by atoms with Gasteiger partial charge in [-0.2, -0.15) is 0 Å². The molecule has 0 bridgehead atoms. The van der Waals surface area contributed by atoms with Crippen LogP contribution in [0.5, 0.6) is 5.75 Å². The first kappa shape index (κ1) is 22.6. The van der Waals surface area contributed by atoms with E-state index in [4.69, 9.17) is 16.3 Å².